The van der Waals surface area contributed by atoms with Crippen LogP contribution in [0, 0.1) is 6.92 Å². The third-order valence-corrected chi connectivity index (χ3v) is 7.64. The molecule has 198 valence electrons. The number of carbonyl (C=O) groups excluding carboxylic acids is 3. The first-order valence-electron chi connectivity index (χ1n) is 12.5. The summed E-state index contributed by atoms with van der Waals surface area (Å²) in [4.78, 5) is 40.3. The highest BCUT2D eigenvalue weighted by molar-refractivity contribution is 8.00. The molecule has 0 fully saturated rings. The summed E-state index contributed by atoms with van der Waals surface area (Å²) in [5, 5.41) is 10.6. The van der Waals surface area contributed by atoms with Gasteiger partial charge in [-0.25, -0.2) is 0 Å². The summed E-state index contributed by atoms with van der Waals surface area (Å²) in [7, 11) is 0. The van der Waals surface area contributed by atoms with E-state index in [1.807, 2.05) is 66.9 Å². The summed E-state index contributed by atoms with van der Waals surface area (Å²) in [6.45, 7) is 4.05. The zero-order chi connectivity index (χ0) is 27.6. The van der Waals surface area contributed by atoms with Crippen molar-refractivity contribution in [2.45, 2.75) is 25.2 Å². The maximum absolute atomic E-state index is 13.2. The van der Waals surface area contributed by atoms with E-state index in [2.05, 4.69) is 22.9 Å². The van der Waals surface area contributed by atoms with Crippen molar-refractivity contribution in [2.75, 3.05) is 16.4 Å². The number of thiophene rings is 1. The first-order valence-corrected chi connectivity index (χ1v) is 14.3. The Balaban J connectivity index is 1.42. The van der Waals surface area contributed by atoms with Crippen LogP contribution >= 0.6 is 23.1 Å². The monoisotopic (exact) mass is 555 g/mol. The average Bonchev–Trinajstić information content (AvgIpc) is 3.46. The lowest BCUT2D eigenvalue weighted by atomic mass is 10.1. The molecule has 0 aliphatic heterocycles. The fourth-order valence-electron chi connectivity index (χ4n) is 3.85. The third-order valence-electron chi connectivity index (χ3n) is 5.82. The summed E-state index contributed by atoms with van der Waals surface area (Å²) in [6, 6.07) is 25.8. The zero-order valence-electron chi connectivity index (χ0n) is 21.7. The summed E-state index contributed by atoms with van der Waals surface area (Å²) >= 11 is 2.85. The molecule has 0 aliphatic rings. The molecule has 0 saturated heterocycles. The van der Waals surface area contributed by atoms with Crippen LogP contribution in [0.3, 0.4) is 0 Å². The molecule has 4 rings (SSSR count). The number of rotatable bonds is 10. The van der Waals surface area contributed by atoms with Crippen molar-refractivity contribution in [1.82, 2.24) is 5.32 Å². The van der Waals surface area contributed by atoms with Crippen molar-refractivity contribution >= 4 is 58.3 Å². The second kappa shape index (κ2) is 13.6. The van der Waals surface area contributed by atoms with Gasteiger partial charge in [0.05, 0.1) is 5.75 Å². The van der Waals surface area contributed by atoms with E-state index >= 15 is 0 Å². The van der Waals surface area contributed by atoms with Gasteiger partial charge in [-0.05, 0) is 72.3 Å². The van der Waals surface area contributed by atoms with Crippen LogP contribution in [0.2, 0.25) is 0 Å². The van der Waals surface area contributed by atoms with E-state index in [0.717, 1.165) is 33.0 Å². The van der Waals surface area contributed by atoms with Crippen molar-refractivity contribution in [3.8, 4) is 0 Å². The summed E-state index contributed by atoms with van der Waals surface area (Å²) in [5.41, 5.74) is 4.15. The first kappa shape index (κ1) is 27.9. The fourth-order valence-corrected chi connectivity index (χ4v) is 5.26. The Bertz CT molecular complexity index is 1480. The second-order valence-electron chi connectivity index (χ2n) is 8.67. The van der Waals surface area contributed by atoms with Crippen LogP contribution in [-0.4, -0.2) is 23.5 Å². The van der Waals surface area contributed by atoms with E-state index in [1.165, 1.54) is 23.1 Å². The molecule has 3 aromatic carbocycles. The molecular formula is C31H29N3O3S2. The Morgan fingerprint density at radius 2 is 1.69 bits per heavy atom. The highest BCUT2D eigenvalue weighted by Crippen LogP contribution is 2.25. The van der Waals surface area contributed by atoms with Crippen LogP contribution in [0.1, 0.15) is 33.3 Å². The Morgan fingerprint density at radius 3 is 2.44 bits per heavy atom. The van der Waals surface area contributed by atoms with Gasteiger partial charge in [-0.15, -0.1) is 23.1 Å². The molecule has 0 aliphatic carbocycles. The number of benzene rings is 3. The molecular weight excluding hydrogens is 526 g/mol. The maximum atomic E-state index is 13.2. The van der Waals surface area contributed by atoms with Crippen molar-refractivity contribution in [2.24, 2.45) is 0 Å². The van der Waals surface area contributed by atoms with Gasteiger partial charge in [0.2, 0.25) is 5.91 Å². The summed E-state index contributed by atoms with van der Waals surface area (Å²) in [6.07, 6.45) is 2.49. The van der Waals surface area contributed by atoms with Gasteiger partial charge in [-0.2, -0.15) is 0 Å². The maximum Gasteiger partial charge on any atom is 0.272 e. The predicted octanol–water partition coefficient (Wildman–Crippen LogP) is 6.76. The molecule has 4 aromatic rings. The molecule has 3 N–H and O–H groups in total. The molecule has 0 radical (unpaired) electrons. The summed E-state index contributed by atoms with van der Waals surface area (Å²) in [5.74, 6) is -0.683. The van der Waals surface area contributed by atoms with E-state index in [4.69, 9.17) is 0 Å². The lowest BCUT2D eigenvalue weighted by Crippen LogP contribution is -2.30. The van der Waals surface area contributed by atoms with E-state index in [9.17, 15) is 14.4 Å². The Labute approximate surface area is 236 Å². The molecule has 1 heterocycles. The highest BCUT2D eigenvalue weighted by Gasteiger charge is 2.16. The van der Waals surface area contributed by atoms with Gasteiger partial charge in [-0.3, -0.25) is 14.4 Å². The third kappa shape index (κ3) is 7.92. The molecule has 0 bridgehead atoms. The van der Waals surface area contributed by atoms with Crippen molar-refractivity contribution in [1.29, 1.82) is 0 Å². The second-order valence-corrected chi connectivity index (χ2v) is 10.7. The van der Waals surface area contributed by atoms with Crippen LogP contribution in [0.25, 0.3) is 6.08 Å². The van der Waals surface area contributed by atoms with Crippen LogP contribution in [0.4, 0.5) is 11.4 Å². The normalized spacial score (nSPS) is 11.1. The number of para-hydroxylation sites is 1. The van der Waals surface area contributed by atoms with E-state index < -0.39 is 5.91 Å². The molecule has 0 spiro atoms. The lowest BCUT2D eigenvalue weighted by Gasteiger charge is -2.13. The Kier molecular flexibility index (Phi) is 9.72. The smallest absolute Gasteiger partial charge is 0.272 e. The molecule has 39 heavy (non-hydrogen) atoms. The average molecular weight is 556 g/mol. The van der Waals surface area contributed by atoms with Crippen molar-refractivity contribution in [3.05, 3.63) is 118 Å². The zero-order valence-corrected chi connectivity index (χ0v) is 23.3. The quantitative estimate of drug-likeness (QED) is 0.149. The largest absolute Gasteiger partial charge is 0.325 e. The van der Waals surface area contributed by atoms with Gasteiger partial charge in [0, 0.05) is 26.7 Å². The summed E-state index contributed by atoms with van der Waals surface area (Å²) < 4.78 is 0. The number of aryl methyl sites for hydroxylation is 2. The van der Waals surface area contributed by atoms with Crippen molar-refractivity contribution < 1.29 is 14.4 Å². The van der Waals surface area contributed by atoms with Crippen LogP contribution in [0.5, 0.6) is 0 Å². The van der Waals surface area contributed by atoms with Gasteiger partial charge >= 0.3 is 0 Å². The molecule has 8 heteroatoms. The molecule has 0 unspecified atom stereocenters. The number of amides is 3. The molecule has 0 atom stereocenters. The number of thioether (sulfide) groups is 1. The molecule has 1 aromatic heterocycles. The topological polar surface area (TPSA) is 87.3 Å². The lowest BCUT2D eigenvalue weighted by molar-refractivity contribution is -0.114. The minimum absolute atomic E-state index is 0.0942. The first-order chi connectivity index (χ1) is 18.9. The van der Waals surface area contributed by atoms with Gasteiger partial charge in [0.15, 0.2) is 0 Å². The highest BCUT2D eigenvalue weighted by atomic mass is 32.2. The van der Waals surface area contributed by atoms with E-state index in [-0.39, 0.29) is 23.3 Å². The Hall–Kier alpha value is -4.14. The fraction of sp³-hybridized carbons (Fsp3) is 0.129. The number of anilines is 2. The SMILES string of the molecule is CCc1cccc(C)c1NC(=O)CSc1cccc(NC(=O)/C(=C/c2cccs2)NC(=O)c2ccccc2)c1. The van der Waals surface area contributed by atoms with Gasteiger partial charge in [0.1, 0.15) is 5.70 Å². The number of nitrogens with one attached hydrogen (secondary N) is 3. The van der Waals surface area contributed by atoms with Gasteiger partial charge in [0.25, 0.3) is 11.8 Å². The van der Waals surface area contributed by atoms with Gasteiger partial charge < -0.3 is 16.0 Å². The predicted molar refractivity (Wildman–Crippen MR) is 161 cm³/mol. The number of carbonyl (C=O) groups is 3. The minimum atomic E-state index is -0.445. The van der Waals surface area contributed by atoms with E-state index in [1.54, 1.807) is 36.4 Å². The molecule has 0 saturated carbocycles. The Morgan fingerprint density at radius 1 is 0.897 bits per heavy atom. The van der Waals surface area contributed by atoms with Gasteiger partial charge in [-0.1, -0.05) is 55.5 Å². The standard InChI is InChI=1S/C31H29N3O3S2/c1-3-22-13-7-10-21(2)29(22)34-28(35)20-39-25-15-8-14-24(18-25)32-31(37)27(19-26-16-9-17-38-26)33-30(36)23-11-5-4-6-12-23/h4-19H,3,20H2,1-2H3,(H,32,37)(H,33,36)(H,34,35)/b27-19-. The molecule has 3 amide bonds. The van der Waals surface area contributed by atoms with Crippen LogP contribution in [0.15, 0.2) is 101 Å². The number of hydrogen-bond donors (Lipinski definition) is 3. The van der Waals surface area contributed by atoms with Crippen LogP contribution < -0.4 is 16.0 Å². The van der Waals surface area contributed by atoms with Crippen molar-refractivity contribution in [3.63, 3.8) is 0 Å². The van der Waals surface area contributed by atoms with E-state index in [0.29, 0.717) is 11.3 Å². The number of hydrogen-bond acceptors (Lipinski definition) is 5. The van der Waals surface area contributed by atoms with Crippen LogP contribution in [-0.2, 0) is 16.0 Å². The minimum Gasteiger partial charge on any atom is -0.325 e. The molecule has 6 nitrogen and oxygen atoms in total.